The molecule has 6 nitrogen and oxygen atoms in total. The molecule has 6 heteroatoms. The number of methoxy groups -OCH3 is 1. The zero-order valence-corrected chi connectivity index (χ0v) is 13.7. The molecule has 0 radical (unpaired) electrons. The smallest absolute Gasteiger partial charge is 0.341 e. The molecule has 1 aliphatic heterocycles. The molecule has 1 aromatic carbocycles. The van der Waals surface area contributed by atoms with Crippen LogP contribution in [0.1, 0.15) is 27.2 Å². The summed E-state index contributed by atoms with van der Waals surface area (Å²) in [4.78, 5) is 25.7. The summed E-state index contributed by atoms with van der Waals surface area (Å²) in [5.41, 5.74) is 5.40. The third-order valence-corrected chi connectivity index (χ3v) is 4.47. The number of hydrogen-bond donors (Lipinski definition) is 1. The molecular formula is C18H18N4O2. The summed E-state index contributed by atoms with van der Waals surface area (Å²) in [6.07, 6.45) is 3.97. The second-order valence-corrected chi connectivity index (χ2v) is 6.07. The Morgan fingerprint density at radius 2 is 2.08 bits per heavy atom. The summed E-state index contributed by atoms with van der Waals surface area (Å²) >= 11 is 0. The van der Waals surface area contributed by atoms with Crippen molar-refractivity contribution in [3.8, 4) is 0 Å². The molecule has 4 rings (SSSR count). The SMILES string of the molecule is COC(=O)c1cnc(N2CCc3c([nH]c4ccc(C)cc34)C2)nc1. The van der Waals surface area contributed by atoms with E-state index in [1.807, 2.05) is 0 Å². The fraction of sp³-hybridized carbons (Fsp3) is 0.278. The summed E-state index contributed by atoms with van der Waals surface area (Å²) in [7, 11) is 1.35. The number of aryl methyl sites for hydroxylation is 1. The summed E-state index contributed by atoms with van der Waals surface area (Å²) in [5, 5.41) is 1.31. The fourth-order valence-electron chi connectivity index (χ4n) is 3.23. The largest absolute Gasteiger partial charge is 0.465 e. The van der Waals surface area contributed by atoms with Gasteiger partial charge in [0.05, 0.1) is 19.2 Å². The molecule has 0 fully saturated rings. The Hall–Kier alpha value is -2.89. The van der Waals surface area contributed by atoms with Gasteiger partial charge < -0.3 is 14.6 Å². The topological polar surface area (TPSA) is 71.1 Å². The van der Waals surface area contributed by atoms with Crippen LogP contribution in [-0.4, -0.2) is 34.6 Å². The summed E-state index contributed by atoms with van der Waals surface area (Å²) in [6.45, 7) is 3.71. The van der Waals surface area contributed by atoms with Crippen molar-refractivity contribution in [3.63, 3.8) is 0 Å². The number of anilines is 1. The number of ether oxygens (including phenoxy) is 1. The van der Waals surface area contributed by atoms with Crippen LogP contribution in [0.5, 0.6) is 0 Å². The van der Waals surface area contributed by atoms with E-state index in [1.54, 1.807) is 0 Å². The summed E-state index contributed by atoms with van der Waals surface area (Å²) in [6, 6.07) is 6.49. The fourth-order valence-corrected chi connectivity index (χ4v) is 3.23. The molecule has 3 heterocycles. The Morgan fingerprint density at radius 1 is 1.29 bits per heavy atom. The molecule has 0 spiro atoms. The first-order valence-corrected chi connectivity index (χ1v) is 7.91. The maximum absolute atomic E-state index is 11.5. The van der Waals surface area contributed by atoms with Crippen LogP contribution in [0.4, 0.5) is 5.95 Å². The molecule has 2 aromatic heterocycles. The van der Waals surface area contributed by atoms with Gasteiger partial charge in [-0.25, -0.2) is 14.8 Å². The van der Waals surface area contributed by atoms with E-state index >= 15 is 0 Å². The van der Waals surface area contributed by atoms with Crippen LogP contribution in [0.25, 0.3) is 10.9 Å². The Balaban J connectivity index is 1.62. The van der Waals surface area contributed by atoms with Crippen molar-refractivity contribution in [1.82, 2.24) is 15.0 Å². The maximum atomic E-state index is 11.5. The van der Waals surface area contributed by atoms with Crippen molar-refractivity contribution in [2.45, 2.75) is 19.9 Å². The molecule has 0 aliphatic carbocycles. The number of esters is 1. The number of nitrogens with zero attached hydrogens (tertiary/aromatic N) is 3. The number of rotatable bonds is 2. The highest BCUT2D eigenvalue weighted by molar-refractivity contribution is 5.88. The van der Waals surface area contributed by atoms with E-state index in [2.05, 4.69) is 49.7 Å². The van der Waals surface area contributed by atoms with Crippen LogP contribution in [0.3, 0.4) is 0 Å². The van der Waals surface area contributed by atoms with Gasteiger partial charge in [-0.2, -0.15) is 0 Å². The van der Waals surface area contributed by atoms with Gasteiger partial charge in [0, 0.05) is 35.5 Å². The highest BCUT2D eigenvalue weighted by Crippen LogP contribution is 2.29. The predicted octanol–water partition coefficient (Wildman–Crippen LogP) is 2.62. The lowest BCUT2D eigenvalue weighted by Crippen LogP contribution is -2.31. The lowest BCUT2D eigenvalue weighted by molar-refractivity contribution is 0.0600. The van der Waals surface area contributed by atoms with Gasteiger partial charge in [-0.05, 0) is 31.0 Å². The number of benzene rings is 1. The van der Waals surface area contributed by atoms with E-state index in [9.17, 15) is 4.79 Å². The van der Waals surface area contributed by atoms with Crippen molar-refractivity contribution in [3.05, 3.63) is 53.0 Å². The van der Waals surface area contributed by atoms with E-state index in [0.717, 1.165) is 19.5 Å². The molecule has 0 unspecified atom stereocenters. The summed E-state index contributed by atoms with van der Waals surface area (Å²) < 4.78 is 4.67. The van der Waals surface area contributed by atoms with Crippen molar-refractivity contribution in [1.29, 1.82) is 0 Å². The second kappa shape index (κ2) is 5.63. The summed E-state index contributed by atoms with van der Waals surface area (Å²) in [5.74, 6) is 0.205. The number of aromatic amines is 1. The average molecular weight is 322 g/mol. The Bertz CT molecular complexity index is 915. The minimum atomic E-state index is -0.423. The van der Waals surface area contributed by atoms with Crippen LogP contribution in [0, 0.1) is 6.92 Å². The third kappa shape index (κ3) is 2.40. The van der Waals surface area contributed by atoms with Gasteiger partial charge in [-0.3, -0.25) is 0 Å². The number of carbonyl (C=O) groups is 1. The standard InChI is InChI=1S/C18H18N4O2/c1-11-3-4-15-14(7-11)13-5-6-22(10-16(13)21-15)18-19-8-12(9-20-18)17(23)24-2/h3-4,7-9,21H,5-6,10H2,1-2H3. The molecule has 24 heavy (non-hydrogen) atoms. The minimum Gasteiger partial charge on any atom is -0.465 e. The number of aromatic nitrogens is 3. The first-order chi connectivity index (χ1) is 11.7. The Morgan fingerprint density at radius 3 is 2.83 bits per heavy atom. The van der Waals surface area contributed by atoms with Crippen LogP contribution >= 0.6 is 0 Å². The lowest BCUT2D eigenvalue weighted by atomic mass is 10.0. The number of fused-ring (bicyclic) bond motifs is 3. The Labute approximate surface area is 139 Å². The van der Waals surface area contributed by atoms with E-state index < -0.39 is 5.97 Å². The van der Waals surface area contributed by atoms with Gasteiger partial charge >= 0.3 is 5.97 Å². The number of H-pyrrole nitrogens is 1. The van der Waals surface area contributed by atoms with Gasteiger partial charge in [0.2, 0.25) is 5.95 Å². The first-order valence-electron chi connectivity index (χ1n) is 7.91. The van der Waals surface area contributed by atoms with E-state index in [4.69, 9.17) is 0 Å². The molecule has 3 aromatic rings. The number of hydrogen-bond acceptors (Lipinski definition) is 5. The van der Waals surface area contributed by atoms with Crippen LogP contribution in [0.15, 0.2) is 30.6 Å². The van der Waals surface area contributed by atoms with Crippen molar-refractivity contribution in [2.24, 2.45) is 0 Å². The minimum absolute atomic E-state index is 0.361. The number of nitrogens with one attached hydrogen (secondary N) is 1. The molecular weight excluding hydrogens is 304 g/mol. The van der Waals surface area contributed by atoms with Gasteiger partial charge in [-0.1, -0.05) is 11.6 Å². The van der Waals surface area contributed by atoms with E-state index in [0.29, 0.717) is 11.5 Å². The molecule has 0 bridgehead atoms. The van der Waals surface area contributed by atoms with Crippen molar-refractivity contribution >= 4 is 22.8 Å². The highest BCUT2D eigenvalue weighted by atomic mass is 16.5. The molecule has 0 amide bonds. The molecule has 122 valence electrons. The normalized spacial score (nSPS) is 13.8. The average Bonchev–Trinajstić information content (AvgIpc) is 2.98. The van der Waals surface area contributed by atoms with Crippen LogP contribution < -0.4 is 4.90 Å². The van der Waals surface area contributed by atoms with Gasteiger partial charge in [0.25, 0.3) is 0 Å². The van der Waals surface area contributed by atoms with Crippen molar-refractivity contribution in [2.75, 3.05) is 18.6 Å². The third-order valence-electron chi connectivity index (χ3n) is 4.47. The van der Waals surface area contributed by atoms with Gasteiger partial charge in [-0.15, -0.1) is 0 Å². The molecule has 1 aliphatic rings. The zero-order chi connectivity index (χ0) is 16.7. The van der Waals surface area contributed by atoms with E-state index in [-0.39, 0.29) is 0 Å². The monoisotopic (exact) mass is 322 g/mol. The zero-order valence-electron chi connectivity index (χ0n) is 13.7. The van der Waals surface area contributed by atoms with Crippen LogP contribution in [-0.2, 0) is 17.7 Å². The van der Waals surface area contributed by atoms with Gasteiger partial charge in [0.15, 0.2) is 0 Å². The van der Waals surface area contributed by atoms with Crippen molar-refractivity contribution < 1.29 is 9.53 Å². The first kappa shape index (κ1) is 14.7. The Kier molecular flexibility index (Phi) is 3.45. The predicted molar refractivity (Wildman–Crippen MR) is 91.2 cm³/mol. The molecule has 0 saturated carbocycles. The molecule has 0 atom stereocenters. The molecule has 0 saturated heterocycles. The van der Waals surface area contributed by atoms with Gasteiger partial charge in [0.1, 0.15) is 0 Å². The van der Waals surface area contributed by atoms with Crippen LogP contribution in [0.2, 0.25) is 0 Å². The maximum Gasteiger partial charge on any atom is 0.341 e. The molecule has 1 N–H and O–H groups in total. The van der Waals surface area contributed by atoms with E-state index in [1.165, 1.54) is 47.2 Å². The quantitative estimate of drug-likeness (QED) is 0.734. The lowest BCUT2D eigenvalue weighted by Gasteiger charge is -2.27. The highest BCUT2D eigenvalue weighted by Gasteiger charge is 2.22. The second-order valence-electron chi connectivity index (χ2n) is 6.07. The number of carbonyl (C=O) groups excluding carboxylic acids is 1.